The Morgan fingerprint density at radius 1 is 1.32 bits per heavy atom. The van der Waals surface area contributed by atoms with Crippen LogP contribution in [0.4, 0.5) is 0 Å². The van der Waals surface area contributed by atoms with E-state index >= 15 is 0 Å². The van der Waals surface area contributed by atoms with Gasteiger partial charge in [0.25, 0.3) is 0 Å². The van der Waals surface area contributed by atoms with Gasteiger partial charge in [-0.25, -0.2) is 9.78 Å². The van der Waals surface area contributed by atoms with Crippen LogP contribution in [0.2, 0.25) is 0 Å². The molecule has 1 unspecified atom stereocenters. The molecule has 0 aliphatic carbocycles. The number of nitrogens with zero attached hydrogens (tertiary/aromatic N) is 5. The molecule has 3 heterocycles. The fraction of sp³-hybridized carbons (Fsp3) is 0.667. The number of guanidine groups is 1. The van der Waals surface area contributed by atoms with E-state index in [-0.39, 0.29) is 12.0 Å². The lowest BCUT2D eigenvalue weighted by Crippen LogP contribution is -2.39. The number of esters is 1. The van der Waals surface area contributed by atoms with Gasteiger partial charge in [0, 0.05) is 33.0 Å². The highest BCUT2D eigenvalue weighted by molar-refractivity contribution is 7.13. The number of fused-ring (bicyclic) bond motifs is 1. The van der Waals surface area contributed by atoms with Crippen molar-refractivity contribution in [2.24, 2.45) is 4.99 Å². The molecule has 0 aromatic carbocycles. The summed E-state index contributed by atoms with van der Waals surface area (Å²) >= 11 is 1.36. The zero-order valence-corrected chi connectivity index (χ0v) is 19.7. The molecular weight excluding hydrogens is 414 g/mol. The van der Waals surface area contributed by atoms with Crippen LogP contribution in [0.3, 0.4) is 0 Å². The maximum Gasteiger partial charge on any atom is 0.350 e. The standard InChI is InChI=1S/C21H33N7O2S/c1-5-30-20(29)18-14(2)24-19(31-18)15(3)25-21(22-4)23-12-9-11-17-27-26-16-10-7-6-8-13-28(16)17/h15H,5-13H2,1-4H3,(H2,22,23,25). The van der Waals surface area contributed by atoms with Crippen LogP contribution in [0.15, 0.2) is 4.99 Å². The first-order chi connectivity index (χ1) is 15.0. The van der Waals surface area contributed by atoms with Crippen molar-refractivity contribution in [1.82, 2.24) is 30.4 Å². The number of carbonyl (C=O) groups is 1. The van der Waals surface area contributed by atoms with E-state index in [1.54, 1.807) is 14.0 Å². The number of carbonyl (C=O) groups excluding carboxylic acids is 1. The molecule has 2 N–H and O–H groups in total. The van der Waals surface area contributed by atoms with Crippen molar-refractivity contribution in [3.63, 3.8) is 0 Å². The Kier molecular flexibility index (Phi) is 8.39. The molecule has 0 fully saturated rings. The molecule has 0 amide bonds. The minimum Gasteiger partial charge on any atom is -0.462 e. The van der Waals surface area contributed by atoms with Crippen LogP contribution in [-0.2, 0) is 24.1 Å². The van der Waals surface area contributed by atoms with Crippen LogP contribution in [0.1, 0.15) is 77.6 Å². The van der Waals surface area contributed by atoms with Gasteiger partial charge in [0.05, 0.1) is 18.3 Å². The molecule has 2 aromatic rings. The quantitative estimate of drug-likeness (QED) is 0.277. The first kappa shape index (κ1) is 23.2. The van der Waals surface area contributed by atoms with Gasteiger partial charge >= 0.3 is 5.97 Å². The molecule has 31 heavy (non-hydrogen) atoms. The zero-order valence-electron chi connectivity index (χ0n) is 18.9. The SMILES string of the molecule is CCOC(=O)c1sc(C(C)NC(=NC)NCCCc2nnc3n2CCCCC3)nc1C. The molecule has 0 radical (unpaired) electrons. The van der Waals surface area contributed by atoms with E-state index in [0.29, 0.717) is 23.1 Å². The van der Waals surface area contributed by atoms with Gasteiger partial charge in [-0.3, -0.25) is 4.99 Å². The molecule has 0 bridgehead atoms. The minimum atomic E-state index is -0.315. The molecule has 9 nitrogen and oxygen atoms in total. The van der Waals surface area contributed by atoms with Crippen LogP contribution in [0.25, 0.3) is 0 Å². The maximum atomic E-state index is 12.0. The molecule has 1 atom stereocenters. The number of aliphatic imine (C=N–C) groups is 1. The smallest absolute Gasteiger partial charge is 0.350 e. The summed E-state index contributed by atoms with van der Waals surface area (Å²) in [4.78, 5) is 21.4. The highest BCUT2D eigenvalue weighted by Crippen LogP contribution is 2.24. The van der Waals surface area contributed by atoms with Crippen molar-refractivity contribution in [2.45, 2.75) is 71.9 Å². The summed E-state index contributed by atoms with van der Waals surface area (Å²) in [5.74, 6) is 2.61. The third-order valence-corrected chi connectivity index (χ3v) is 6.60. The summed E-state index contributed by atoms with van der Waals surface area (Å²) in [6.45, 7) is 7.80. The van der Waals surface area contributed by atoms with Crippen molar-refractivity contribution in [1.29, 1.82) is 0 Å². The van der Waals surface area contributed by atoms with Crippen molar-refractivity contribution < 1.29 is 9.53 Å². The zero-order chi connectivity index (χ0) is 22.2. The minimum absolute atomic E-state index is 0.0784. The predicted molar refractivity (Wildman–Crippen MR) is 122 cm³/mol. The van der Waals surface area contributed by atoms with E-state index < -0.39 is 0 Å². The summed E-state index contributed by atoms with van der Waals surface area (Å²) in [5, 5.41) is 16.3. The number of hydrogen-bond acceptors (Lipinski definition) is 7. The Morgan fingerprint density at radius 2 is 2.16 bits per heavy atom. The molecule has 1 aliphatic rings. The summed E-state index contributed by atoms with van der Waals surface area (Å²) < 4.78 is 7.41. The van der Waals surface area contributed by atoms with E-state index in [0.717, 1.165) is 49.0 Å². The van der Waals surface area contributed by atoms with Gasteiger partial charge in [-0.1, -0.05) is 6.42 Å². The molecular formula is C21H33N7O2S. The van der Waals surface area contributed by atoms with Gasteiger partial charge in [-0.2, -0.15) is 0 Å². The molecule has 2 aromatic heterocycles. The lowest BCUT2D eigenvalue weighted by molar-refractivity contribution is 0.0531. The van der Waals surface area contributed by atoms with Crippen molar-refractivity contribution in [3.8, 4) is 0 Å². The number of ether oxygens (including phenoxy) is 1. The second kappa shape index (κ2) is 11.2. The van der Waals surface area contributed by atoms with Crippen molar-refractivity contribution >= 4 is 23.3 Å². The second-order valence-electron chi connectivity index (χ2n) is 7.65. The average molecular weight is 448 g/mol. The Labute approximate surface area is 187 Å². The van der Waals surface area contributed by atoms with E-state index in [4.69, 9.17) is 4.74 Å². The maximum absolute atomic E-state index is 12.0. The van der Waals surface area contributed by atoms with Crippen LogP contribution in [0, 0.1) is 6.92 Å². The first-order valence-corrected chi connectivity index (χ1v) is 11.9. The number of thiazole rings is 1. The number of rotatable bonds is 8. The second-order valence-corrected chi connectivity index (χ2v) is 8.68. The van der Waals surface area contributed by atoms with E-state index in [1.165, 1.54) is 30.6 Å². The lowest BCUT2D eigenvalue weighted by atomic mass is 10.2. The molecule has 10 heteroatoms. The molecule has 0 saturated carbocycles. The van der Waals surface area contributed by atoms with Crippen LogP contribution >= 0.6 is 11.3 Å². The van der Waals surface area contributed by atoms with Crippen LogP contribution in [0.5, 0.6) is 0 Å². The molecule has 3 rings (SSSR count). The van der Waals surface area contributed by atoms with Gasteiger partial charge in [0.1, 0.15) is 21.5 Å². The van der Waals surface area contributed by atoms with Gasteiger partial charge in [-0.05, 0) is 40.0 Å². The average Bonchev–Trinajstić information content (AvgIpc) is 3.25. The van der Waals surface area contributed by atoms with Gasteiger partial charge < -0.3 is 19.9 Å². The number of aromatic nitrogens is 4. The van der Waals surface area contributed by atoms with E-state index in [9.17, 15) is 4.79 Å². The molecule has 0 spiro atoms. The number of hydrogen-bond donors (Lipinski definition) is 2. The topological polar surface area (TPSA) is 106 Å². The van der Waals surface area contributed by atoms with Gasteiger partial charge in [0.2, 0.25) is 0 Å². The van der Waals surface area contributed by atoms with Gasteiger partial charge in [0.15, 0.2) is 5.96 Å². The predicted octanol–water partition coefficient (Wildman–Crippen LogP) is 2.80. The summed E-state index contributed by atoms with van der Waals surface area (Å²) in [5.41, 5.74) is 0.697. The number of nitrogens with one attached hydrogen (secondary N) is 2. The number of aryl methyl sites for hydroxylation is 3. The molecule has 1 aliphatic heterocycles. The van der Waals surface area contributed by atoms with Crippen molar-refractivity contribution in [2.75, 3.05) is 20.2 Å². The Hall–Kier alpha value is -2.49. The van der Waals surface area contributed by atoms with Crippen LogP contribution < -0.4 is 10.6 Å². The fourth-order valence-electron chi connectivity index (χ4n) is 3.63. The molecule has 0 saturated heterocycles. The largest absolute Gasteiger partial charge is 0.462 e. The third-order valence-electron chi connectivity index (χ3n) is 5.28. The Morgan fingerprint density at radius 3 is 2.94 bits per heavy atom. The van der Waals surface area contributed by atoms with E-state index in [1.807, 2.05) is 13.8 Å². The summed E-state index contributed by atoms with van der Waals surface area (Å²) in [6.07, 6.45) is 6.55. The summed E-state index contributed by atoms with van der Waals surface area (Å²) in [7, 11) is 1.75. The normalized spacial score (nSPS) is 15.2. The lowest BCUT2D eigenvalue weighted by Gasteiger charge is -2.16. The van der Waals surface area contributed by atoms with Crippen molar-refractivity contribution in [3.05, 3.63) is 27.2 Å². The third kappa shape index (κ3) is 6.03. The molecule has 170 valence electrons. The van der Waals surface area contributed by atoms with Gasteiger partial charge in [-0.15, -0.1) is 21.5 Å². The highest BCUT2D eigenvalue weighted by atomic mass is 32.1. The first-order valence-electron chi connectivity index (χ1n) is 11.1. The Balaban J connectivity index is 1.48. The Bertz CT molecular complexity index is 906. The van der Waals surface area contributed by atoms with E-state index in [2.05, 4.69) is 35.4 Å². The highest BCUT2D eigenvalue weighted by Gasteiger charge is 2.20. The fourth-order valence-corrected chi connectivity index (χ4v) is 4.60. The monoisotopic (exact) mass is 447 g/mol. The van der Waals surface area contributed by atoms with Crippen LogP contribution in [-0.4, -0.2) is 51.9 Å². The summed E-state index contributed by atoms with van der Waals surface area (Å²) in [6, 6.07) is -0.0784.